The number of para-hydroxylation sites is 1. The molecule has 1 aliphatic rings. The normalized spacial score (nSPS) is 14.0. The Kier molecular flexibility index (Phi) is 3.69. The van der Waals surface area contributed by atoms with Gasteiger partial charge in [-0.25, -0.2) is 0 Å². The Morgan fingerprint density at radius 3 is 2.74 bits per heavy atom. The molecule has 2 rings (SSSR count). The van der Waals surface area contributed by atoms with Crippen molar-refractivity contribution in [1.82, 2.24) is 4.90 Å². The Labute approximate surface area is 111 Å². The first-order valence-corrected chi connectivity index (χ1v) is 6.34. The van der Waals surface area contributed by atoms with Crippen molar-refractivity contribution in [3.63, 3.8) is 0 Å². The number of amides is 1. The molecule has 1 N–H and O–H groups in total. The van der Waals surface area contributed by atoms with Gasteiger partial charge in [-0.05, 0) is 31.9 Å². The molecule has 0 aromatic heterocycles. The zero-order chi connectivity index (χ0) is 14.0. The molecule has 0 spiro atoms. The van der Waals surface area contributed by atoms with E-state index in [4.69, 9.17) is 0 Å². The van der Waals surface area contributed by atoms with Crippen molar-refractivity contribution in [2.24, 2.45) is 0 Å². The molecule has 102 valence electrons. The van der Waals surface area contributed by atoms with E-state index >= 15 is 0 Å². The fourth-order valence-electron chi connectivity index (χ4n) is 2.06. The van der Waals surface area contributed by atoms with Crippen LogP contribution in [0, 0.1) is 10.1 Å². The van der Waals surface area contributed by atoms with Gasteiger partial charge in [-0.1, -0.05) is 6.07 Å². The molecule has 1 aromatic rings. The van der Waals surface area contributed by atoms with Gasteiger partial charge in [0.05, 0.1) is 4.92 Å². The van der Waals surface area contributed by atoms with Gasteiger partial charge in [0, 0.05) is 19.6 Å². The Bertz CT molecular complexity index is 512. The van der Waals surface area contributed by atoms with E-state index in [1.54, 1.807) is 24.1 Å². The Balaban J connectivity index is 2.40. The van der Waals surface area contributed by atoms with Crippen molar-refractivity contribution in [3.8, 4) is 0 Å². The third-order valence-electron chi connectivity index (χ3n) is 3.23. The lowest BCUT2D eigenvalue weighted by molar-refractivity contribution is -0.384. The van der Waals surface area contributed by atoms with Crippen LogP contribution in [0.3, 0.4) is 0 Å². The van der Waals surface area contributed by atoms with E-state index in [-0.39, 0.29) is 23.2 Å². The highest BCUT2D eigenvalue weighted by Gasteiger charge is 2.33. The van der Waals surface area contributed by atoms with Crippen molar-refractivity contribution >= 4 is 17.3 Å². The van der Waals surface area contributed by atoms with Crippen LogP contribution in [0.1, 0.15) is 30.1 Å². The second-order valence-electron chi connectivity index (χ2n) is 4.64. The molecule has 1 saturated carbocycles. The first-order chi connectivity index (χ1) is 9.06. The van der Waals surface area contributed by atoms with Crippen LogP contribution in [-0.4, -0.2) is 35.4 Å². The zero-order valence-electron chi connectivity index (χ0n) is 11.0. The predicted octanol–water partition coefficient (Wildman–Crippen LogP) is 2.26. The van der Waals surface area contributed by atoms with Crippen molar-refractivity contribution in [2.75, 3.05) is 18.9 Å². The Hall–Kier alpha value is -2.11. The SMILES string of the molecule is CCNc1cccc(C(=O)N(C)C2CC2)c1[N+](=O)[O-]. The standard InChI is InChI=1S/C13H17N3O3/c1-3-14-11-6-4-5-10(12(11)16(18)19)13(17)15(2)9-7-8-9/h4-6,9,14H,3,7-8H2,1-2H3. The molecule has 0 saturated heterocycles. The monoisotopic (exact) mass is 263 g/mol. The lowest BCUT2D eigenvalue weighted by Crippen LogP contribution is -2.29. The number of rotatable bonds is 5. The summed E-state index contributed by atoms with van der Waals surface area (Å²) in [6.07, 6.45) is 1.95. The lowest BCUT2D eigenvalue weighted by Gasteiger charge is -2.17. The summed E-state index contributed by atoms with van der Waals surface area (Å²) in [6.45, 7) is 2.42. The van der Waals surface area contributed by atoms with Gasteiger partial charge in [0.1, 0.15) is 11.3 Å². The molecule has 1 fully saturated rings. The van der Waals surface area contributed by atoms with Crippen LogP contribution in [0.25, 0.3) is 0 Å². The van der Waals surface area contributed by atoms with Crippen LogP contribution in [-0.2, 0) is 0 Å². The van der Waals surface area contributed by atoms with E-state index in [9.17, 15) is 14.9 Å². The summed E-state index contributed by atoms with van der Waals surface area (Å²) in [4.78, 5) is 24.6. The molecule has 0 heterocycles. The number of hydrogen-bond donors (Lipinski definition) is 1. The first-order valence-electron chi connectivity index (χ1n) is 6.34. The van der Waals surface area contributed by atoms with Crippen LogP contribution in [0.4, 0.5) is 11.4 Å². The lowest BCUT2D eigenvalue weighted by atomic mass is 10.1. The molecule has 1 amide bonds. The predicted molar refractivity (Wildman–Crippen MR) is 72.4 cm³/mol. The van der Waals surface area contributed by atoms with E-state index in [0.717, 1.165) is 12.8 Å². The molecule has 0 atom stereocenters. The van der Waals surface area contributed by atoms with Crippen molar-refractivity contribution in [1.29, 1.82) is 0 Å². The number of nitrogens with one attached hydrogen (secondary N) is 1. The van der Waals surface area contributed by atoms with Crippen LogP contribution in [0.2, 0.25) is 0 Å². The van der Waals surface area contributed by atoms with Gasteiger partial charge in [0.15, 0.2) is 0 Å². The van der Waals surface area contributed by atoms with E-state index < -0.39 is 4.92 Å². The molecule has 1 aromatic carbocycles. The van der Waals surface area contributed by atoms with Gasteiger partial charge >= 0.3 is 5.69 Å². The summed E-state index contributed by atoms with van der Waals surface area (Å²) in [7, 11) is 1.70. The highest BCUT2D eigenvalue weighted by atomic mass is 16.6. The number of nitro benzene ring substituents is 1. The van der Waals surface area contributed by atoms with Crippen LogP contribution in [0.15, 0.2) is 18.2 Å². The number of anilines is 1. The van der Waals surface area contributed by atoms with Gasteiger partial charge in [-0.2, -0.15) is 0 Å². The van der Waals surface area contributed by atoms with E-state index in [1.807, 2.05) is 6.92 Å². The summed E-state index contributed by atoms with van der Waals surface area (Å²) >= 11 is 0. The molecular formula is C13H17N3O3. The average molecular weight is 263 g/mol. The fourth-order valence-corrected chi connectivity index (χ4v) is 2.06. The van der Waals surface area contributed by atoms with Crippen molar-refractivity contribution < 1.29 is 9.72 Å². The number of benzene rings is 1. The van der Waals surface area contributed by atoms with Crippen molar-refractivity contribution in [3.05, 3.63) is 33.9 Å². The fraction of sp³-hybridized carbons (Fsp3) is 0.462. The smallest absolute Gasteiger partial charge is 0.305 e. The molecule has 19 heavy (non-hydrogen) atoms. The van der Waals surface area contributed by atoms with Crippen molar-refractivity contribution in [2.45, 2.75) is 25.8 Å². The minimum Gasteiger partial charge on any atom is -0.380 e. The second kappa shape index (κ2) is 5.26. The third kappa shape index (κ3) is 2.67. The summed E-state index contributed by atoms with van der Waals surface area (Å²) in [5.74, 6) is -0.283. The van der Waals surface area contributed by atoms with Gasteiger partial charge in [-0.15, -0.1) is 0 Å². The molecule has 1 aliphatic carbocycles. The second-order valence-corrected chi connectivity index (χ2v) is 4.64. The van der Waals surface area contributed by atoms with E-state index in [0.29, 0.717) is 12.2 Å². The highest BCUT2D eigenvalue weighted by molar-refractivity contribution is 6.00. The summed E-state index contributed by atoms with van der Waals surface area (Å²) in [6, 6.07) is 5.03. The molecule has 6 nitrogen and oxygen atoms in total. The number of hydrogen-bond acceptors (Lipinski definition) is 4. The highest BCUT2D eigenvalue weighted by Crippen LogP contribution is 2.32. The van der Waals surface area contributed by atoms with E-state index in [2.05, 4.69) is 5.32 Å². The maximum atomic E-state index is 12.3. The zero-order valence-corrected chi connectivity index (χ0v) is 11.0. The maximum absolute atomic E-state index is 12.3. The van der Waals surface area contributed by atoms with Gasteiger partial charge in [0.2, 0.25) is 0 Å². The summed E-state index contributed by atoms with van der Waals surface area (Å²) in [5.41, 5.74) is 0.405. The molecular weight excluding hydrogens is 246 g/mol. The van der Waals surface area contributed by atoms with Gasteiger partial charge in [0.25, 0.3) is 5.91 Å². The third-order valence-corrected chi connectivity index (χ3v) is 3.23. The largest absolute Gasteiger partial charge is 0.380 e. The van der Waals surface area contributed by atoms with Gasteiger partial charge < -0.3 is 10.2 Å². The summed E-state index contributed by atoms with van der Waals surface area (Å²) in [5, 5.41) is 14.1. The molecule has 0 radical (unpaired) electrons. The summed E-state index contributed by atoms with van der Waals surface area (Å²) < 4.78 is 0. The minimum absolute atomic E-state index is 0.137. The maximum Gasteiger partial charge on any atom is 0.305 e. The Morgan fingerprint density at radius 2 is 2.21 bits per heavy atom. The molecule has 0 bridgehead atoms. The molecule has 6 heteroatoms. The number of nitro groups is 1. The Morgan fingerprint density at radius 1 is 1.53 bits per heavy atom. The van der Waals surface area contributed by atoms with Crippen LogP contribution in [0.5, 0.6) is 0 Å². The van der Waals surface area contributed by atoms with Gasteiger partial charge in [-0.3, -0.25) is 14.9 Å². The topological polar surface area (TPSA) is 75.5 Å². The number of nitrogens with zero attached hydrogens (tertiary/aromatic N) is 2. The molecule has 0 unspecified atom stereocenters. The van der Waals surface area contributed by atoms with Crippen LogP contribution >= 0.6 is 0 Å². The quantitative estimate of drug-likeness (QED) is 0.653. The number of carbonyl (C=O) groups is 1. The van der Waals surface area contributed by atoms with E-state index in [1.165, 1.54) is 6.07 Å². The minimum atomic E-state index is -0.494. The average Bonchev–Trinajstić information content (AvgIpc) is 3.21. The first kappa shape index (κ1) is 13.3. The van der Waals surface area contributed by atoms with Crippen LogP contribution < -0.4 is 5.32 Å². The molecule has 0 aliphatic heterocycles. The number of carbonyl (C=O) groups excluding carboxylic acids is 1.